The number of hydrogen-bond acceptors (Lipinski definition) is 3. The van der Waals surface area contributed by atoms with Gasteiger partial charge in [0, 0.05) is 30.9 Å². The zero-order valence-corrected chi connectivity index (χ0v) is 10.4. The minimum atomic E-state index is -0.540. The molecule has 0 aliphatic carbocycles. The highest BCUT2D eigenvalue weighted by Gasteiger charge is 2.28. The van der Waals surface area contributed by atoms with Crippen LogP contribution in [0.15, 0.2) is 12.5 Å². The molecule has 94 valence electrons. The van der Waals surface area contributed by atoms with Gasteiger partial charge in [0.2, 0.25) is 5.91 Å². The lowest BCUT2D eigenvalue weighted by Crippen LogP contribution is -2.35. The first-order valence-electron chi connectivity index (χ1n) is 6.01. The Kier molecular flexibility index (Phi) is 3.19. The van der Waals surface area contributed by atoms with E-state index in [1.165, 1.54) is 5.69 Å². The second-order valence-electron chi connectivity index (χ2n) is 5.38. The number of primary amides is 1. The SMILES string of the molecule is CC(C)(Cn1cncc1C1CCNC1)C(N)=O. The molecule has 1 saturated heterocycles. The van der Waals surface area contributed by atoms with Crippen molar-refractivity contribution in [3.8, 4) is 0 Å². The average molecular weight is 236 g/mol. The summed E-state index contributed by atoms with van der Waals surface area (Å²) >= 11 is 0. The van der Waals surface area contributed by atoms with Crippen molar-refractivity contribution in [2.45, 2.75) is 32.7 Å². The molecule has 1 unspecified atom stereocenters. The third-order valence-corrected chi connectivity index (χ3v) is 3.46. The average Bonchev–Trinajstić information content (AvgIpc) is 2.85. The van der Waals surface area contributed by atoms with Gasteiger partial charge in [-0.15, -0.1) is 0 Å². The molecule has 1 aliphatic heterocycles. The van der Waals surface area contributed by atoms with Crippen molar-refractivity contribution >= 4 is 5.91 Å². The zero-order chi connectivity index (χ0) is 12.5. The third-order valence-electron chi connectivity index (χ3n) is 3.46. The number of hydrogen-bond donors (Lipinski definition) is 2. The van der Waals surface area contributed by atoms with Crippen LogP contribution in [0.3, 0.4) is 0 Å². The summed E-state index contributed by atoms with van der Waals surface area (Å²) in [4.78, 5) is 15.5. The van der Waals surface area contributed by atoms with Crippen molar-refractivity contribution in [1.29, 1.82) is 0 Å². The lowest BCUT2D eigenvalue weighted by atomic mass is 9.92. The van der Waals surface area contributed by atoms with Gasteiger partial charge in [-0.05, 0) is 26.8 Å². The number of carbonyl (C=O) groups excluding carboxylic acids is 1. The fourth-order valence-electron chi connectivity index (χ4n) is 2.21. The van der Waals surface area contributed by atoms with Gasteiger partial charge in [0.15, 0.2) is 0 Å². The summed E-state index contributed by atoms with van der Waals surface area (Å²) < 4.78 is 2.06. The molecule has 17 heavy (non-hydrogen) atoms. The van der Waals surface area contributed by atoms with Crippen LogP contribution >= 0.6 is 0 Å². The lowest BCUT2D eigenvalue weighted by Gasteiger charge is -2.23. The van der Waals surface area contributed by atoms with Crippen molar-refractivity contribution in [1.82, 2.24) is 14.9 Å². The highest BCUT2D eigenvalue weighted by atomic mass is 16.1. The Bertz CT molecular complexity index is 404. The van der Waals surface area contributed by atoms with Crippen LogP contribution < -0.4 is 11.1 Å². The number of nitrogens with one attached hydrogen (secondary N) is 1. The highest BCUT2D eigenvalue weighted by Crippen LogP contribution is 2.25. The Hall–Kier alpha value is -1.36. The van der Waals surface area contributed by atoms with E-state index in [1.807, 2.05) is 20.0 Å². The minimum absolute atomic E-state index is 0.276. The van der Waals surface area contributed by atoms with Crippen LogP contribution in [-0.2, 0) is 11.3 Å². The Morgan fingerprint density at radius 2 is 2.47 bits per heavy atom. The first-order chi connectivity index (χ1) is 8.00. The molecule has 0 saturated carbocycles. The van der Waals surface area contributed by atoms with E-state index >= 15 is 0 Å². The summed E-state index contributed by atoms with van der Waals surface area (Å²) in [5.74, 6) is 0.225. The van der Waals surface area contributed by atoms with Crippen molar-refractivity contribution in [3.63, 3.8) is 0 Å². The summed E-state index contributed by atoms with van der Waals surface area (Å²) in [6.07, 6.45) is 4.82. The molecule has 1 atom stereocenters. The van der Waals surface area contributed by atoms with Gasteiger partial charge in [-0.2, -0.15) is 0 Å². The fourth-order valence-corrected chi connectivity index (χ4v) is 2.21. The molecule has 1 aliphatic rings. The van der Waals surface area contributed by atoms with Crippen LogP contribution in [-0.4, -0.2) is 28.5 Å². The first-order valence-corrected chi connectivity index (χ1v) is 6.01. The van der Waals surface area contributed by atoms with E-state index in [0.717, 1.165) is 19.5 Å². The summed E-state index contributed by atoms with van der Waals surface area (Å²) in [6, 6.07) is 0. The fraction of sp³-hybridized carbons (Fsp3) is 0.667. The molecule has 1 fully saturated rings. The lowest BCUT2D eigenvalue weighted by molar-refractivity contribution is -0.126. The molecular weight excluding hydrogens is 216 g/mol. The van der Waals surface area contributed by atoms with Gasteiger partial charge in [0.1, 0.15) is 0 Å². The van der Waals surface area contributed by atoms with Crippen LogP contribution in [0.4, 0.5) is 0 Å². The summed E-state index contributed by atoms with van der Waals surface area (Å²) in [6.45, 7) is 6.37. The zero-order valence-electron chi connectivity index (χ0n) is 10.4. The number of imidazole rings is 1. The Morgan fingerprint density at radius 1 is 1.71 bits per heavy atom. The molecule has 1 aromatic rings. The molecule has 2 rings (SSSR count). The molecule has 3 N–H and O–H groups in total. The number of amides is 1. The van der Waals surface area contributed by atoms with Crippen molar-refractivity contribution in [3.05, 3.63) is 18.2 Å². The summed E-state index contributed by atoms with van der Waals surface area (Å²) in [5, 5.41) is 3.34. The van der Waals surface area contributed by atoms with Crippen LogP contribution in [0.5, 0.6) is 0 Å². The molecule has 0 spiro atoms. The van der Waals surface area contributed by atoms with E-state index in [9.17, 15) is 4.79 Å². The van der Waals surface area contributed by atoms with Crippen LogP contribution in [0.1, 0.15) is 31.9 Å². The van der Waals surface area contributed by atoms with Crippen LogP contribution in [0, 0.1) is 5.41 Å². The molecule has 0 radical (unpaired) electrons. The van der Waals surface area contributed by atoms with E-state index in [2.05, 4.69) is 14.9 Å². The van der Waals surface area contributed by atoms with Gasteiger partial charge >= 0.3 is 0 Å². The maximum absolute atomic E-state index is 11.4. The van der Waals surface area contributed by atoms with Crippen LogP contribution in [0.2, 0.25) is 0 Å². The number of nitrogens with zero attached hydrogens (tertiary/aromatic N) is 2. The standard InChI is InChI=1S/C12H20N4O/c1-12(2,11(13)17)7-16-8-15-6-10(16)9-3-4-14-5-9/h6,8-9,14H,3-5,7H2,1-2H3,(H2,13,17). The normalized spacial score (nSPS) is 20.7. The number of aromatic nitrogens is 2. The number of nitrogens with two attached hydrogens (primary N) is 1. The second kappa shape index (κ2) is 4.49. The van der Waals surface area contributed by atoms with Gasteiger partial charge in [-0.25, -0.2) is 4.98 Å². The Morgan fingerprint density at radius 3 is 3.06 bits per heavy atom. The van der Waals surface area contributed by atoms with Gasteiger partial charge in [-0.1, -0.05) is 0 Å². The predicted molar refractivity (Wildman–Crippen MR) is 65.4 cm³/mol. The van der Waals surface area contributed by atoms with E-state index in [1.54, 1.807) is 6.33 Å². The van der Waals surface area contributed by atoms with Crippen molar-refractivity contribution < 1.29 is 4.79 Å². The first kappa shape index (κ1) is 12.1. The molecule has 1 amide bonds. The number of carbonyl (C=O) groups is 1. The third kappa shape index (κ3) is 2.49. The maximum atomic E-state index is 11.4. The predicted octanol–water partition coefficient (Wildman–Crippen LogP) is 0.472. The monoisotopic (exact) mass is 236 g/mol. The van der Waals surface area contributed by atoms with Gasteiger partial charge in [0.25, 0.3) is 0 Å². The number of rotatable bonds is 4. The highest BCUT2D eigenvalue weighted by molar-refractivity contribution is 5.79. The van der Waals surface area contributed by atoms with E-state index in [-0.39, 0.29) is 5.91 Å². The molecule has 1 aromatic heterocycles. The molecule has 5 nitrogen and oxygen atoms in total. The maximum Gasteiger partial charge on any atom is 0.224 e. The molecule has 5 heteroatoms. The molecule has 0 aromatic carbocycles. The molecule has 0 bridgehead atoms. The summed E-state index contributed by atoms with van der Waals surface area (Å²) in [5.41, 5.74) is 6.06. The second-order valence-corrected chi connectivity index (χ2v) is 5.38. The van der Waals surface area contributed by atoms with E-state index in [0.29, 0.717) is 12.5 Å². The van der Waals surface area contributed by atoms with Gasteiger partial charge < -0.3 is 15.6 Å². The molecular formula is C12H20N4O. The molecule has 2 heterocycles. The largest absolute Gasteiger partial charge is 0.369 e. The Balaban J connectivity index is 2.16. The van der Waals surface area contributed by atoms with E-state index in [4.69, 9.17) is 5.73 Å². The quantitative estimate of drug-likeness (QED) is 0.798. The van der Waals surface area contributed by atoms with Gasteiger partial charge in [0.05, 0.1) is 11.7 Å². The van der Waals surface area contributed by atoms with E-state index < -0.39 is 5.41 Å². The van der Waals surface area contributed by atoms with Crippen molar-refractivity contribution in [2.24, 2.45) is 11.1 Å². The van der Waals surface area contributed by atoms with Crippen LogP contribution in [0.25, 0.3) is 0 Å². The van der Waals surface area contributed by atoms with Gasteiger partial charge in [-0.3, -0.25) is 4.79 Å². The topological polar surface area (TPSA) is 72.9 Å². The Labute approximate surface area is 101 Å². The van der Waals surface area contributed by atoms with Crippen molar-refractivity contribution in [2.75, 3.05) is 13.1 Å². The smallest absolute Gasteiger partial charge is 0.224 e. The minimum Gasteiger partial charge on any atom is -0.369 e. The summed E-state index contributed by atoms with van der Waals surface area (Å²) in [7, 11) is 0.